The van der Waals surface area contributed by atoms with Crippen LogP contribution in [0.5, 0.6) is 0 Å². The molecule has 0 aromatic heterocycles. The van der Waals surface area contributed by atoms with Crippen molar-refractivity contribution in [2.24, 2.45) is 5.92 Å². The number of amides is 1. The smallest absolute Gasteiger partial charge is 0.229 e. The maximum Gasteiger partial charge on any atom is 0.229 e. The van der Waals surface area contributed by atoms with Crippen LogP contribution in [0.4, 0.5) is 20.2 Å². The summed E-state index contributed by atoms with van der Waals surface area (Å²) < 4.78 is 27.0. The van der Waals surface area contributed by atoms with Crippen molar-refractivity contribution in [3.8, 4) is 0 Å². The van der Waals surface area contributed by atoms with Crippen LogP contribution >= 0.6 is 0 Å². The van der Waals surface area contributed by atoms with Gasteiger partial charge in [-0.2, -0.15) is 0 Å². The molecule has 17 heavy (non-hydrogen) atoms. The molecule has 5 heteroatoms. The Hall–Kier alpha value is -1.65. The molecule has 1 aliphatic rings. The fourth-order valence-corrected chi connectivity index (χ4v) is 2.00. The molecular formula is C12H14F2N2O. The third-order valence-corrected chi connectivity index (χ3v) is 2.97. The highest BCUT2D eigenvalue weighted by atomic mass is 19.2. The lowest BCUT2D eigenvalue weighted by atomic mass is 10.1. The lowest BCUT2D eigenvalue weighted by Crippen LogP contribution is -2.31. The van der Waals surface area contributed by atoms with E-state index >= 15 is 0 Å². The molecule has 2 rings (SSSR count). The fourth-order valence-electron chi connectivity index (χ4n) is 2.00. The average Bonchev–Trinajstić information content (AvgIpc) is 2.42. The topological polar surface area (TPSA) is 32.3 Å². The van der Waals surface area contributed by atoms with E-state index in [-0.39, 0.29) is 17.5 Å². The predicted molar refractivity (Wildman–Crippen MR) is 62.0 cm³/mol. The summed E-state index contributed by atoms with van der Waals surface area (Å²) in [5.41, 5.74) is 0.477. The Morgan fingerprint density at radius 1 is 1.47 bits per heavy atom. The van der Waals surface area contributed by atoms with Crippen molar-refractivity contribution >= 4 is 17.3 Å². The van der Waals surface area contributed by atoms with Crippen LogP contribution in [0.25, 0.3) is 0 Å². The molecule has 0 aliphatic carbocycles. The van der Waals surface area contributed by atoms with E-state index in [1.54, 1.807) is 11.8 Å². The Kier molecular flexibility index (Phi) is 3.00. The minimum atomic E-state index is -0.904. The highest BCUT2D eigenvalue weighted by molar-refractivity contribution is 5.97. The van der Waals surface area contributed by atoms with Gasteiger partial charge in [-0.3, -0.25) is 4.79 Å². The zero-order valence-electron chi connectivity index (χ0n) is 9.76. The highest BCUT2D eigenvalue weighted by Crippen LogP contribution is 2.33. The van der Waals surface area contributed by atoms with Gasteiger partial charge in [0.25, 0.3) is 0 Å². The van der Waals surface area contributed by atoms with Gasteiger partial charge in [0.2, 0.25) is 5.91 Å². The summed E-state index contributed by atoms with van der Waals surface area (Å²) in [7, 11) is 0. The molecule has 3 nitrogen and oxygen atoms in total. The van der Waals surface area contributed by atoms with Crippen LogP contribution in [0.3, 0.4) is 0 Å². The summed E-state index contributed by atoms with van der Waals surface area (Å²) in [5.74, 6) is -2.23. The van der Waals surface area contributed by atoms with Crippen LogP contribution in [0.1, 0.15) is 13.8 Å². The van der Waals surface area contributed by atoms with Gasteiger partial charge in [0.1, 0.15) is 0 Å². The Balaban J connectivity index is 2.56. The molecule has 1 unspecified atom stereocenters. The van der Waals surface area contributed by atoms with E-state index in [9.17, 15) is 13.6 Å². The monoisotopic (exact) mass is 240 g/mol. The van der Waals surface area contributed by atoms with Gasteiger partial charge in [-0.05, 0) is 19.1 Å². The van der Waals surface area contributed by atoms with E-state index in [1.807, 2.05) is 6.92 Å². The number of rotatable bonds is 1. The number of carbonyl (C=O) groups is 1. The quantitative estimate of drug-likeness (QED) is 0.817. The first-order valence-electron chi connectivity index (χ1n) is 5.58. The number of nitrogens with one attached hydrogen (secondary N) is 1. The molecule has 0 bridgehead atoms. The molecule has 0 spiro atoms. The van der Waals surface area contributed by atoms with Gasteiger partial charge in [-0.15, -0.1) is 0 Å². The van der Waals surface area contributed by atoms with Crippen LogP contribution in [0, 0.1) is 17.6 Å². The Morgan fingerprint density at radius 3 is 2.82 bits per heavy atom. The van der Waals surface area contributed by atoms with Crippen LogP contribution in [-0.4, -0.2) is 19.0 Å². The van der Waals surface area contributed by atoms with Gasteiger partial charge in [-0.25, -0.2) is 8.78 Å². The Bertz CT molecular complexity index is 462. The minimum Gasteiger partial charge on any atom is -0.367 e. The normalized spacial score (nSPS) is 19.6. The van der Waals surface area contributed by atoms with E-state index in [1.165, 1.54) is 6.07 Å². The molecule has 1 N–H and O–H groups in total. The average molecular weight is 240 g/mol. The lowest BCUT2D eigenvalue weighted by molar-refractivity contribution is -0.119. The maximum absolute atomic E-state index is 13.8. The van der Waals surface area contributed by atoms with Crippen LogP contribution in [0.2, 0.25) is 0 Å². The zero-order valence-corrected chi connectivity index (χ0v) is 9.76. The molecule has 0 saturated carbocycles. The van der Waals surface area contributed by atoms with Gasteiger partial charge in [0, 0.05) is 13.1 Å². The first-order valence-corrected chi connectivity index (χ1v) is 5.58. The highest BCUT2D eigenvalue weighted by Gasteiger charge is 2.27. The summed E-state index contributed by atoms with van der Waals surface area (Å²) in [6.45, 7) is 4.51. The molecule has 1 atom stereocenters. The molecule has 1 aromatic carbocycles. The third-order valence-electron chi connectivity index (χ3n) is 2.97. The summed E-state index contributed by atoms with van der Waals surface area (Å²) in [6.07, 6.45) is 0. The van der Waals surface area contributed by atoms with Gasteiger partial charge in [0.05, 0.1) is 17.3 Å². The van der Waals surface area contributed by atoms with E-state index in [0.717, 1.165) is 6.07 Å². The number of hydrogen-bond donors (Lipinski definition) is 1. The van der Waals surface area contributed by atoms with Crippen LogP contribution in [-0.2, 0) is 4.79 Å². The van der Waals surface area contributed by atoms with Crippen molar-refractivity contribution in [3.63, 3.8) is 0 Å². The molecule has 1 aliphatic heterocycles. The first kappa shape index (κ1) is 11.8. The van der Waals surface area contributed by atoms with Crippen LogP contribution in [0.15, 0.2) is 12.1 Å². The molecule has 0 saturated heterocycles. The summed E-state index contributed by atoms with van der Waals surface area (Å²) in [4.78, 5) is 13.4. The minimum absolute atomic E-state index is 0.144. The zero-order chi connectivity index (χ0) is 12.6. The van der Waals surface area contributed by atoms with Gasteiger partial charge < -0.3 is 10.2 Å². The van der Waals surface area contributed by atoms with Crippen molar-refractivity contribution in [2.45, 2.75) is 13.8 Å². The van der Waals surface area contributed by atoms with Gasteiger partial charge in [-0.1, -0.05) is 6.92 Å². The molecule has 1 amide bonds. The number of carbonyl (C=O) groups excluding carboxylic acids is 1. The molecule has 92 valence electrons. The number of halogens is 2. The van der Waals surface area contributed by atoms with E-state index in [4.69, 9.17) is 0 Å². The standard InChI is InChI=1S/C12H14F2N2O/c1-3-16-6-7(2)12(17)15-9-5-4-8(13)10(14)11(9)16/h4-5,7H,3,6H2,1-2H3,(H,15,17). The first-order chi connectivity index (χ1) is 8.04. The lowest BCUT2D eigenvalue weighted by Gasteiger charge is -2.24. The molecular weight excluding hydrogens is 226 g/mol. The van der Waals surface area contributed by atoms with E-state index in [0.29, 0.717) is 18.8 Å². The summed E-state index contributed by atoms with van der Waals surface area (Å²) in [6, 6.07) is 2.42. The maximum atomic E-state index is 13.8. The number of anilines is 2. The number of nitrogens with zero attached hydrogens (tertiary/aromatic N) is 1. The van der Waals surface area contributed by atoms with Gasteiger partial charge >= 0.3 is 0 Å². The van der Waals surface area contributed by atoms with Crippen molar-refractivity contribution in [2.75, 3.05) is 23.3 Å². The van der Waals surface area contributed by atoms with Crippen molar-refractivity contribution in [1.82, 2.24) is 0 Å². The van der Waals surface area contributed by atoms with Crippen molar-refractivity contribution in [3.05, 3.63) is 23.8 Å². The second kappa shape index (κ2) is 4.31. The number of hydrogen-bond acceptors (Lipinski definition) is 2. The summed E-state index contributed by atoms with van der Waals surface area (Å²) >= 11 is 0. The number of benzene rings is 1. The second-order valence-corrected chi connectivity index (χ2v) is 4.19. The van der Waals surface area contributed by atoms with Crippen molar-refractivity contribution < 1.29 is 13.6 Å². The molecule has 0 radical (unpaired) electrons. The fraction of sp³-hybridized carbons (Fsp3) is 0.417. The second-order valence-electron chi connectivity index (χ2n) is 4.19. The Labute approximate surface area is 98.4 Å². The van der Waals surface area contributed by atoms with E-state index in [2.05, 4.69) is 5.32 Å². The molecule has 0 fully saturated rings. The number of fused-ring (bicyclic) bond motifs is 1. The third kappa shape index (κ3) is 1.97. The SMILES string of the molecule is CCN1CC(C)C(=O)Nc2ccc(F)c(F)c21. The molecule has 1 aromatic rings. The van der Waals surface area contributed by atoms with Gasteiger partial charge in [0.15, 0.2) is 11.6 Å². The van der Waals surface area contributed by atoms with Crippen molar-refractivity contribution in [1.29, 1.82) is 0 Å². The molecule has 1 heterocycles. The van der Waals surface area contributed by atoms with E-state index < -0.39 is 11.6 Å². The Morgan fingerprint density at radius 2 is 2.18 bits per heavy atom. The summed E-state index contributed by atoms with van der Waals surface area (Å²) in [5, 5.41) is 2.62. The largest absolute Gasteiger partial charge is 0.367 e. The van der Waals surface area contributed by atoms with Crippen LogP contribution < -0.4 is 10.2 Å². The predicted octanol–water partition coefficient (Wildman–Crippen LogP) is 2.38.